The zero-order valence-corrected chi connectivity index (χ0v) is 17.2. The van der Waals surface area contributed by atoms with Crippen LogP contribution in [0.4, 0.5) is 0 Å². The smallest absolute Gasteiger partial charge is 0.253 e. The number of likely N-dealkylation sites (tertiary alicyclic amines) is 1. The molecule has 1 aromatic rings. The van der Waals surface area contributed by atoms with Gasteiger partial charge >= 0.3 is 0 Å². The molecule has 1 aliphatic rings. The highest BCUT2D eigenvalue weighted by Gasteiger charge is 2.33. The summed E-state index contributed by atoms with van der Waals surface area (Å²) in [6.45, 7) is 8.64. The Morgan fingerprint density at radius 1 is 1.22 bits per heavy atom. The summed E-state index contributed by atoms with van der Waals surface area (Å²) < 4.78 is 5.22. The second-order valence-corrected chi connectivity index (χ2v) is 7.45. The van der Waals surface area contributed by atoms with Crippen molar-refractivity contribution in [2.45, 2.75) is 52.5 Å². The Kier molecular flexibility index (Phi) is 8.29. The summed E-state index contributed by atoms with van der Waals surface area (Å²) in [6, 6.07) is 7.89. The number of hydrogen-bond acceptors (Lipinski definition) is 3. The molecule has 1 aromatic carbocycles. The van der Waals surface area contributed by atoms with Crippen LogP contribution in [-0.4, -0.2) is 61.0 Å². The molecule has 1 saturated heterocycles. The lowest BCUT2D eigenvalue weighted by Crippen LogP contribution is -2.50. The Balaban J connectivity index is 2.09. The Morgan fingerprint density at radius 2 is 1.89 bits per heavy atom. The number of ether oxygens (including phenoxy) is 1. The van der Waals surface area contributed by atoms with E-state index in [0.717, 1.165) is 37.8 Å². The lowest BCUT2D eigenvalue weighted by atomic mass is 9.94. The number of aryl methyl sites for hydroxylation is 1. The average molecular weight is 375 g/mol. The number of carbonyl (C=O) groups is 2. The summed E-state index contributed by atoms with van der Waals surface area (Å²) in [4.78, 5) is 29.9. The van der Waals surface area contributed by atoms with Gasteiger partial charge in [-0.15, -0.1) is 0 Å². The van der Waals surface area contributed by atoms with E-state index >= 15 is 0 Å². The van der Waals surface area contributed by atoms with Crippen molar-refractivity contribution in [2.24, 2.45) is 5.92 Å². The molecule has 2 rings (SSSR count). The first-order valence-electron chi connectivity index (χ1n) is 10.2. The number of benzene rings is 1. The molecule has 0 bridgehead atoms. The second kappa shape index (κ2) is 10.5. The summed E-state index contributed by atoms with van der Waals surface area (Å²) in [5.74, 6) is 0.0752. The van der Waals surface area contributed by atoms with Gasteiger partial charge in [0, 0.05) is 38.3 Å². The SMILES string of the molecule is CCC(CC)N(CCOC)C(=O)C1CCCN(C(=O)c2ccc(C)cc2)C1. The molecule has 5 nitrogen and oxygen atoms in total. The van der Waals surface area contributed by atoms with Crippen LogP contribution in [0.2, 0.25) is 0 Å². The minimum absolute atomic E-state index is 0.0264. The topological polar surface area (TPSA) is 49.9 Å². The van der Waals surface area contributed by atoms with Crippen molar-refractivity contribution in [3.8, 4) is 0 Å². The zero-order valence-electron chi connectivity index (χ0n) is 17.2. The zero-order chi connectivity index (χ0) is 19.8. The van der Waals surface area contributed by atoms with Gasteiger partial charge < -0.3 is 14.5 Å². The third-order valence-electron chi connectivity index (χ3n) is 5.56. The first kappa shape index (κ1) is 21.4. The van der Waals surface area contributed by atoms with Crippen LogP contribution >= 0.6 is 0 Å². The highest BCUT2D eigenvalue weighted by Crippen LogP contribution is 2.23. The Hall–Kier alpha value is -1.88. The standard InChI is InChI=1S/C22H34N2O3/c1-5-20(6-2)24(14-15-27-4)22(26)19-8-7-13-23(16-19)21(25)18-11-9-17(3)10-12-18/h9-12,19-20H,5-8,13-16H2,1-4H3. The molecule has 0 saturated carbocycles. The Bertz CT molecular complexity index is 610. The van der Waals surface area contributed by atoms with E-state index in [-0.39, 0.29) is 23.8 Å². The highest BCUT2D eigenvalue weighted by atomic mass is 16.5. The molecule has 1 aliphatic heterocycles. The van der Waals surface area contributed by atoms with Crippen molar-refractivity contribution in [3.63, 3.8) is 0 Å². The normalized spacial score (nSPS) is 17.2. The number of nitrogens with zero attached hydrogens (tertiary/aromatic N) is 2. The fraction of sp³-hybridized carbons (Fsp3) is 0.636. The van der Waals surface area contributed by atoms with Crippen LogP contribution < -0.4 is 0 Å². The molecule has 1 fully saturated rings. The molecule has 1 atom stereocenters. The maximum atomic E-state index is 13.2. The minimum atomic E-state index is -0.120. The van der Waals surface area contributed by atoms with Gasteiger partial charge in [0.15, 0.2) is 0 Å². The molecule has 0 N–H and O–H groups in total. The molecule has 5 heteroatoms. The van der Waals surface area contributed by atoms with Gasteiger partial charge in [-0.2, -0.15) is 0 Å². The van der Waals surface area contributed by atoms with Crippen molar-refractivity contribution in [1.29, 1.82) is 0 Å². The van der Waals surface area contributed by atoms with Crippen LogP contribution in [0.15, 0.2) is 24.3 Å². The molecular formula is C22H34N2O3. The van der Waals surface area contributed by atoms with Crippen molar-refractivity contribution < 1.29 is 14.3 Å². The van der Waals surface area contributed by atoms with Crippen LogP contribution in [0.3, 0.4) is 0 Å². The lowest BCUT2D eigenvalue weighted by Gasteiger charge is -2.38. The summed E-state index contributed by atoms with van der Waals surface area (Å²) >= 11 is 0. The van der Waals surface area contributed by atoms with Crippen LogP contribution in [-0.2, 0) is 9.53 Å². The quantitative estimate of drug-likeness (QED) is 0.700. The van der Waals surface area contributed by atoms with Crippen molar-refractivity contribution in [3.05, 3.63) is 35.4 Å². The van der Waals surface area contributed by atoms with E-state index in [1.165, 1.54) is 0 Å². The van der Waals surface area contributed by atoms with Crippen molar-refractivity contribution in [2.75, 3.05) is 33.4 Å². The molecule has 0 spiro atoms. The number of piperidine rings is 1. The fourth-order valence-corrected chi connectivity index (χ4v) is 3.87. The van der Waals surface area contributed by atoms with E-state index in [1.807, 2.05) is 41.0 Å². The largest absolute Gasteiger partial charge is 0.383 e. The third-order valence-corrected chi connectivity index (χ3v) is 5.56. The molecule has 1 unspecified atom stereocenters. The van der Waals surface area contributed by atoms with Crippen molar-refractivity contribution >= 4 is 11.8 Å². The molecule has 0 aliphatic carbocycles. The Labute approximate surface area is 163 Å². The van der Waals surface area contributed by atoms with Gasteiger partial charge in [0.1, 0.15) is 0 Å². The van der Waals surface area contributed by atoms with E-state index in [4.69, 9.17) is 4.74 Å². The van der Waals surface area contributed by atoms with Gasteiger partial charge in [0.2, 0.25) is 5.91 Å². The van der Waals surface area contributed by atoms with E-state index in [9.17, 15) is 9.59 Å². The monoisotopic (exact) mass is 374 g/mol. The first-order valence-corrected chi connectivity index (χ1v) is 10.2. The molecular weight excluding hydrogens is 340 g/mol. The maximum Gasteiger partial charge on any atom is 0.253 e. The van der Waals surface area contributed by atoms with E-state index in [0.29, 0.717) is 25.3 Å². The summed E-state index contributed by atoms with van der Waals surface area (Å²) in [6.07, 6.45) is 3.59. The van der Waals surface area contributed by atoms with Crippen LogP contribution in [0, 0.1) is 12.8 Å². The molecule has 27 heavy (non-hydrogen) atoms. The van der Waals surface area contributed by atoms with E-state index < -0.39 is 0 Å². The van der Waals surface area contributed by atoms with Gasteiger partial charge in [-0.3, -0.25) is 9.59 Å². The molecule has 150 valence electrons. The van der Waals surface area contributed by atoms with Gasteiger partial charge in [0.25, 0.3) is 5.91 Å². The number of hydrogen-bond donors (Lipinski definition) is 0. The number of carbonyl (C=O) groups excluding carboxylic acids is 2. The maximum absolute atomic E-state index is 13.2. The van der Waals surface area contributed by atoms with Crippen LogP contribution in [0.25, 0.3) is 0 Å². The van der Waals surface area contributed by atoms with Crippen molar-refractivity contribution in [1.82, 2.24) is 9.80 Å². The summed E-state index contributed by atoms with van der Waals surface area (Å²) in [5, 5.41) is 0. The second-order valence-electron chi connectivity index (χ2n) is 7.45. The van der Waals surface area contributed by atoms with Crippen LogP contribution in [0.5, 0.6) is 0 Å². The number of rotatable bonds is 8. The van der Waals surface area contributed by atoms with Gasteiger partial charge in [-0.05, 0) is 44.7 Å². The molecule has 2 amide bonds. The van der Waals surface area contributed by atoms with Gasteiger partial charge in [-0.1, -0.05) is 31.5 Å². The highest BCUT2D eigenvalue weighted by molar-refractivity contribution is 5.94. The molecule has 0 aromatic heterocycles. The lowest BCUT2D eigenvalue weighted by molar-refractivity contribution is -0.140. The summed E-state index contributed by atoms with van der Waals surface area (Å²) in [5.41, 5.74) is 1.84. The van der Waals surface area contributed by atoms with E-state index in [2.05, 4.69) is 13.8 Å². The number of amides is 2. The summed E-state index contributed by atoms with van der Waals surface area (Å²) in [7, 11) is 1.66. The van der Waals surface area contributed by atoms with E-state index in [1.54, 1.807) is 7.11 Å². The Morgan fingerprint density at radius 3 is 2.48 bits per heavy atom. The number of methoxy groups -OCH3 is 1. The average Bonchev–Trinajstić information content (AvgIpc) is 2.71. The molecule has 0 radical (unpaired) electrons. The predicted molar refractivity (Wildman–Crippen MR) is 108 cm³/mol. The van der Waals surface area contributed by atoms with Crippen LogP contribution in [0.1, 0.15) is 55.5 Å². The minimum Gasteiger partial charge on any atom is -0.383 e. The van der Waals surface area contributed by atoms with Gasteiger partial charge in [-0.25, -0.2) is 0 Å². The predicted octanol–water partition coefficient (Wildman–Crippen LogP) is 3.51. The van der Waals surface area contributed by atoms with Gasteiger partial charge in [0.05, 0.1) is 12.5 Å². The third kappa shape index (κ3) is 5.55. The first-order chi connectivity index (χ1) is 13.0. The molecule has 1 heterocycles. The fourth-order valence-electron chi connectivity index (χ4n) is 3.87.